The van der Waals surface area contributed by atoms with Gasteiger partial charge in [0.2, 0.25) is 0 Å². The fourth-order valence-corrected chi connectivity index (χ4v) is 1.69. The first-order valence-corrected chi connectivity index (χ1v) is 4.66. The van der Waals surface area contributed by atoms with Crippen molar-refractivity contribution in [1.29, 1.82) is 0 Å². The predicted octanol–water partition coefficient (Wildman–Crippen LogP) is 2.74. The third kappa shape index (κ3) is 1.32. The Morgan fingerprint density at radius 1 is 1.31 bits per heavy atom. The lowest BCUT2D eigenvalue weighted by atomic mass is 10.1. The molecule has 0 aliphatic rings. The Balaban J connectivity index is 2.75. The maximum atomic E-state index is 4.52. The summed E-state index contributed by atoms with van der Waals surface area (Å²) >= 11 is 0. The molecule has 1 aromatic carbocycles. The molecular weight excluding hydrogens is 160 g/mol. The van der Waals surface area contributed by atoms with Crippen molar-refractivity contribution in [1.82, 2.24) is 9.97 Å². The molecule has 2 heteroatoms. The van der Waals surface area contributed by atoms with Crippen LogP contribution in [0.3, 0.4) is 0 Å². The highest BCUT2D eigenvalue weighted by atomic mass is 14.9. The lowest BCUT2D eigenvalue weighted by Crippen LogP contribution is -1.80. The fraction of sp³-hybridized carbons (Fsp3) is 0.364. The fourth-order valence-electron chi connectivity index (χ4n) is 1.69. The highest BCUT2D eigenvalue weighted by Gasteiger charge is 2.03. The zero-order valence-electron chi connectivity index (χ0n) is 8.31. The van der Waals surface area contributed by atoms with Crippen molar-refractivity contribution < 1.29 is 0 Å². The van der Waals surface area contributed by atoms with Crippen molar-refractivity contribution in [3.05, 3.63) is 29.1 Å². The molecule has 0 saturated carbocycles. The summed E-state index contributed by atoms with van der Waals surface area (Å²) in [6.45, 7) is 6.33. The number of H-pyrrole nitrogens is 1. The minimum atomic E-state index is 0.965. The molecule has 0 aliphatic heterocycles. The van der Waals surface area contributed by atoms with Gasteiger partial charge in [-0.2, -0.15) is 0 Å². The van der Waals surface area contributed by atoms with Crippen LogP contribution in [0, 0.1) is 13.8 Å². The predicted molar refractivity (Wildman–Crippen MR) is 54.9 cm³/mol. The van der Waals surface area contributed by atoms with Crippen LogP contribution in [-0.2, 0) is 6.42 Å². The maximum Gasteiger partial charge on any atom is 0.106 e. The van der Waals surface area contributed by atoms with Crippen LogP contribution in [0.15, 0.2) is 12.1 Å². The van der Waals surface area contributed by atoms with Crippen LogP contribution in [0.1, 0.15) is 23.9 Å². The molecular formula is C11H14N2. The summed E-state index contributed by atoms with van der Waals surface area (Å²) in [5.74, 6) is 1.07. The second-order valence-corrected chi connectivity index (χ2v) is 3.52. The van der Waals surface area contributed by atoms with Crippen LogP contribution in [-0.4, -0.2) is 9.97 Å². The summed E-state index contributed by atoms with van der Waals surface area (Å²) in [5, 5.41) is 0. The Morgan fingerprint density at radius 2 is 2.08 bits per heavy atom. The molecule has 2 rings (SSSR count). The summed E-state index contributed by atoms with van der Waals surface area (Å²) < 4.78 is 0. The van der Waals surface area contributed by atoms with Gasteiger partial charge in [0.05, 0.1) is 11.0 Å². The average Bonchev–Trinajstić information content (AvgIpc) is 2.47. The molecule has 0 fully saturated rings. The SMILES string of the molecule is CCc1nc2c(C)cc(C)cc2[nH]1. The van der Waals surface area contributed by atoms with E-state index in [2.05, 4.69) is 42.9 Å². The minimum absolute atomic E-state index is 0.965. The van der Waals surface area contributed by atoms with Gasteiger partial charge in [-0.25, -0.2) is 4.98 Å². The number of rotatable bonds is 1. The van der Waals surface area contributed by atoms with Gasteiger partial charge in [-0.15, -0.1) is 0 Å². The van der Waals surface area contributed by atoms with Gasteiger partial charge >= 0.3 is 0 Å². The Labute approximate surface area is 78.0 Å². The molecule has 0 atom stereocenters. The van der Waals surface area contributed by atoms with Gasteiger partial charge in [0.1, 0.15) is 5.82 Å². The largest absolute Gasteiger partial charge is 0.342 e. The lowest BCUT2D eigenvalue weighted by molar-refractivity contribution is 1.000. The molecule has 1 aromatic heterocycles. The van der Waals surface area contributed by atoms with Crippen molar-refractivity contribution in [2.24, 2.45) is 0 Å². The van der Waals surface area contributed by atoms with Crippen LogP contribution in [0.2, 0.25) is 0 Å². The summed E-state index contributed by atoms with van der Waals surface area (Å²) in [4.78, 5) is 7.83. The van der Waals surface area contributed by atoms with E-state index < -0.39 is 0 Å². The molecule has 2 aromatic rings. The van der Waals surface area contributed by atoms with Crippen LogP contribution >= 0.6 is 0 Å². The molecule has 13 heavy (non-hydrogen) atoms. The Kier molecular flexibility index (Phi) is 1.83. The zero-order chi connectivity index (χ0) is 9.42. The van der Waals surface area contributed by atoms with Gasteiger partial charge in [0.25, 0.3) is 0 Å². The molecule has 0 saturated heterocycles. The van der Waals surface area contributed by atoms with E-state index in [4.69, 9.17) is 0 Å². The topological polar surface area (TPSA) is 28.7 Å². The molecule has 0 spiro atoms. The molecule has 1 N–H and O–H groups in total. The van der Waals surface area contributed by atoms with Crippen molar-refractivity contribution in [3.63, 3.8) is 0 Å². The highest BCUT2D eigenvalue weighted by Crippen LogP contribution is 2.18. The van der Waals surface area contributed by atoms with Gasteiger partial charge in [0.15, 0.2) is 0 Å². The zero-order valence-corrected chi connectivity index (χ0v) is 8.31. The van der Waals surface area contributed by atoms with E-state index in [1.54, 1.807) is 0 Å². The Morgan fingerprint density at radius 3 is 2.77 bits per heavy atom. The van der Waals surface area contributed by atoms with E-state index in [0.29, 0.717) is 0 Å². The molecule has 68 valence electrons. The van der Waals surface area contributed by atoms with Gasteiger partial charge in [-0.3, -0.25) is 0 Å². The number of benzene rings is 1. The summed E-state index contributed by atoms with van der Waals surface area (Å²) in [6, 6.07) is 4.32. The van der Waals surface area contributed by atoms with E-state index >= 15 is 0 Å². The minimum Gasteiger partial charge on any atom is -0.342 e. The third-order valence-corrected chi connectivity index (χ3v) is 2.31. The molecule has 1 heterocycles. The van der Waals surface area contributed by atoms with Crippen molar-refractivity contribution >= 4 is 11.0 Å². The van der Waals surface area contributed by atoms with Crippen LogP contribution < -0.4 is 0 Å². The smallest absolute Gasteiger partial charge is 0.106 e. The lowest BCUT2D eigenvalue weighted by Gasteiger charge is -1.96. The van der Waals surface area contributed by atoms with Crippen LogP contribution in [0.25, 0.3) is 11.0 Å². The molecule has 0 radical (unpaired) electrons. The number of aromatic nitrogens is 2. The number of hydrogen-bond acceptors (Lipinski definition) is 1. The molecule has 0 bridgehead atoms. The molecule has 2 nitrogen and oxygen atoms in total. The number of imidazole rings is 1. The van der Waals surface area contributed by atoms with Gasteiger partial charge < -0.3 is 4.98 Å². The molecule has 0 unspecified atom stereocenters. The summed E-state index contributed by atoms with van der Waals surface area (Å²) in [5.41, 5.74) is 4.82. The monoisotopic (exact) mass is 174 g/mol. The van der Waals surface area contributed by atoms with Crippen LogP contribution in [0.5, 0.6) is 0 Å². The van der Waals surface area contributed by atoms with E-state index in [-0.39, 0.29) is 0 Å². The highest BCUT2D eigenvalue weighted by molar-refractivity contribution is 5.79. The average molecular weight is 174 g/mol. The second kappa shape index (κ2) is 2.87. The van der Waals surface area contributed by atoms with Crippen molar-refractivity contribution in [2.45, 2.75) is 27.2 Å². The number of aryl methyl sites for hydroxylation is 3. The van der Waals surface area contributed by atoms with Crippen LogP contribution in [0.4, 0.5) is 0 Å². The van der Waals surface area contributed by atoms with E-state index in [1.165, 1.54) is 11.1 Å². The maximum absolute atomic E-state index is 4.52. The number of nitrogens with one attached hydrogen (secondary N) is 1. The van der Waals surface area contributed by atoms with E-state index in [0.717, 1.165) is 23.3 Å². The first kappa shape index (κ1) is 8.30. The summed E-state index contributed by atoms with van der Waals surface area (Å²) in [7, 11) is 0. The number of aromatic amines is 1. The number of hydrogen-bond donors (Lipinski definition) is 1. The second-order valence-electron chi connectivity index (χ2n) is 3.52. The van der Waals surface area contributed by atoms with Gasteiger partial charge in [-0.05, 0) is 31.0 Å². The quantitative estimate of drug-likeness (QED) is 0.707. The van der Waals surface area contributed by atoms with E-state index in [9.17, 15) is 0 Å². The standard InChI is InChI=1S/C11H14N2/c1-4-10-12-9-6-7(2)5-8(3)11(9)13-10/h5-6H,4H2,1-3H3,(H,12,13). The van der Waals surface area contributed by atoms with E-state index in [1.807, 2.05) is 0 Å². The Bertz CT molecular complexity index is 441. The third-order valence-electron chi connectivity index (χ3n) is 2.31. The Hall–Kier alpha value is -1.31. The first-order valence-electron chi connectivity index (χ1n) is 4.66. The first-order chi connectivity index (χ1) is 6.20. The van der Waals surface area contributed by atoms with Crippen molar-refractivity contribution in [2.75, 3.05) is 0 Å². The molecule has 0 aliphatic carbocycles. The van der Waals surface area contributed by atoms with Gasteiger partial charge in [0, 0.05) is 6.42 Å². The van der Waals surface area contributed by atoms with Gasteiger partial charge in [-0.1, -0.05) is 13.0 Å². The van der Waals surface area contributed by atoms with Crippen molar-refractivity contribution in [3.8, 4) is 0 Å². The summed E-state index contributed by atoms with van der Waals surface area (Å²) in [6.07, 6.45) is 0.965. The number of fused-ring (bicyclic) bond motifs is 1. The number of nitrogens with zero attached hydrogens (tertiary/aromatic N) is 1. The molecule has 0 amide bonds. The normalized spacial score (nSPS) is 11.0.